The average molecular weight is 360 g/mol. The third kappa shape index (κ3) is 3.81. The molecule has 2 aromatic rings. The first-order chi connectivity index (χ1) is 12.3. The molecule has 0 amide bonds. The molecule has 2 heterocycles. The molecule has 0 radical (unpaired) electrons. The third-order valence-corrected chi connectivity index (χ3v) is 4.32. The molecular formula is C17H21FN6O2. The van der Waals surface area contributed by atoms with E-state index in [9.17, 15) is 14.5 Å². The van der Waals surface area contributed by atoms with Crippen LogP contribution in [0.25, 0.3) is 0 Å². The molecule has 1 aliphatic heterocycles. The van der Waals surface area contributed by atoms with Crippen LogP contribution in [0.1, 0.15) is 20.3 Å². The van der Waals surface area contributed by atoms with Gasteiger partial charge in [-0.3, -0.25) is 10.1 Å². The lowest BCUT2D eigenvalue weighted by Crippen LogP contribution is -2.39. The molecule has 1 aliphatic rings. The van der Waals surface area contributed by atoms with Gasteiger partial charge in [0.2, 0.25) is 17.6 Å². The van der Waals surface area contributed by atoms with Crippen molar-refractivity contribution in [3.63, 3.8) is 0 Å². The van der Waals surface area contributed by atoms with E-state index in [0.29, 0.717) is 23.5 Å². The first-order valence-corrected chi connectivity index (χ1v) is 8.43. The summed E-state index contributed by atoms with van der Waals surface area (Å²) < 4.78 is 13.4. The second-order valence-corrected chi connectivity index (χ2v) is 6.85. The zero-order chi connectivity index (χ0) is 18.8. The Balaban J connectivity index is 2.00. The molecule has 1 saturated heterocycles. The Bertz CT molecular complexity index is 821. The minimum atomic E-state index is -0.637. The van der Waals surface area contributed by atoms with E-state index in [1.54, 1.807) is 6.07 Å². The summed E-state index contributed by atoms with van der Waals surface area (Å²) in [6.45, 7) is 5.79. The molecule has 9 heteroatoms. The summed E-state index contributed by atoms with van der Waals surface area (Å²) in [6, 6.07) is 5.61. The van der Waals surface area contributed by atoms with E-state index in [4.69, 9.17) is 5.73 Å². The fourth-order valence-electron chi connectivity index (χ4n) is 3.40. The second-order valence-electron chi connectivity index (χ2n) is 6.85. The van der Waals surface area contributed by atoms with E-state index < -0.39 is 16.4 Å². The Kier molecular flexibility index (Phi) is 4.88. The third-order valence-electron chi connectivity index (χ3n) is 4.32. The number of nitro groups is 1. The number of nitrogens with two attached hydrogens (primary N) is 1. The lowest BCUT2D eigenvalue weighted by atomic mass is 9.92. The van der Waals surface area contributed by atoms with Crippen LogP contribution in [0.15, 0.2) is 24.3 Å². The van der Waals surface area contributed by atoms with Gasteiger partial charge in [-0.25, -0.2) is 4.39 Å². The number of halogens is 1. The van der Waals surface area contributed by atoms with Gasteiger partial charge in [-0.05, 0) is 36.5 Å². The van der Waals surface area contributed by atoms with E-state index in [0.717, 1.165) is 19.5 Å². The molecular weight excluding hydrogens is 339 g/mol. The molecule has 3 rings (SSSR count). The fraction of sp³-hybridized carbons (Fsp3) is 0.412. The number of rotatable bonds is 4. The number of benzene rings is 1. The highest BCUT2D eigenvalue weighted by Gasteiger charge is 2.28. The van der Waals surface area contributed by atoms with Crippen molar-refractivity contribution in [3.8, 4) is 0 Å². The van der Waals surface area contributed by atoms with Crippen LogP contribution in [-0.4, -0.2) is 28.0 Å². The quantitative estimate of drug-likeness (QED) is 0.635. The van der Waals surface area contributed by atoms with Gasteiger partial charge in [0.15, 0.2) is 0 Å². The van der Waals surface area contributed by atoms with E-state index in [-0.39, 0.29) is 11.6 Å². The van der Waals surface area contributed by atoms with Crippen LogP contribution in [0.4, 0.5) is 33.3 Å². The maximum atomic E-state index is 13.4. The van der Waals surface area contributed by atoms with E-state index >= 15 is 0 Å². The predicted molar refractivity (Wildman–Crippen MR) is 97.9 cm³/mol. The van der Waals surface area contributed by atoms with Gasteiger partial charge in [0, 0.05) is 18.8 Å². The largest absolute Gasteiger partial charge is 0.378 e. The van der Waals surface area contributed by atoms with Crippen molar-refractivity contribution in [2.75, 3.05) is 29.0 Å². The van der Waals surface area contributed by atoms with Gasteiger partial charge in [0.25, 0.3) is 0 Å². The van der Waals surface area contributed by atoms with Gasteiger partial charge in [0.1, 0.15) is 5.82 Å². The maximum Gasteiger partial charge on any atom is 0.353 e. The second kappa shape index (κ2) is 7.11. The molecule has 1 aromatic heterocycles. The predicted octanol–water partition coefficient (Wildman–Crippen LogP) is 3.33. The molecule has 0 aliphatic carbocycles. The summed E-state index contributed by atoms with van der Waals surface area (Å²) in [5.41, 5.74) is 5.77. The normalized spacial score (nSPS) is 20.0. The SMILES string of the molecule is C[C@@H]1C[C@@H](C)CN(c2nc(N)c([N+](=O)[O-])c(Nc3cccc(F)c3)n2)C1. The van der Waals surface area contributed by atoms with Crippen molar-refractivity contribution < 1.29 is 9.31 Å². The highest BCUT2D eigenvalue weighted by atomic mass is 19.1. The number of hydrogen-bond donors (Lipinski definition) is 2. The van der Waals surface area contributed by atoms with E-state index in [1.165, 1.54) is 18.2 Å². The molecule has 0 spiro atoms. The van der Waals surface area contributed by atoms with Gasteiger partial charge in [-0.1, -0.05) is 19.9 Å². The Morgan fingerprint density at radius 1 is 1.31 bits per heavy atom. The monoisotopic (exact) mass is 360 g/mol. The summed E-state index contributed by atoms with van der Waals surface area (Å²) >= 11 is 0. The topological polar surface area (TPSA) is 110 Å². The highest BCUT2D eigenvalue weighted by Crippen LogP contribution is 2.34. The van der Waals surface area contributed by atoms with Gasteiger partial charge in [-0.15, -0.1) is 0 Å². The Hall–Kier alpha value is -2.97. The molecule has 1 aromatic carbocycles. The molecule has 0 saturated carbocycles. The number of nitrogens with zero attached hydrogens (tertiary/aromatic N) is 4. The minimum absolute atomic E-state index is 0.0472. The van der Waals surface area contributed by atoms with Gasteiger partial charge >= 0.3 is 5.69 Å². The number of aromatic nitrogens is 2. The van der Waals surface area contributed by atoms with Crippen LogP contribution < -0.4 is 16.0 Å². The fourth-order valence-corrected chi connectivity index (χ4v) is 3.40. The number of anilines is 4. The molecule has 2 atom stereocenters. The summed E-state index contributed by atoms with van der Waals surface area (Å²) in [7, 11) is 0. The van der Waals surface area contributed by atoms with Crippen molar-refractivity contribution in [1.29, 1.82) is 0 Å². The van der Waals surface area contributed by atoms with Crippen molar-refractivity contribution >= 4 is 29.0 Å². The molecule has 3 N–H and O–H groups in total. The average Bonchev–Trinajstić information content (AvgIpc) is 2.53. The zero-order valence-corrected chi connectivity index (χ0v) is 14.6. The van der Waals surface area contributed by atoms with Crippen LogP contribution >= 0.6 is 0 Å². The van der Waals surface area contributed by atoms with Gasteiger partial charge in [0.05, 0.1) is 4.92 Å². The molecule has 26 heavy (non-hydrogen) atoms. The molecule has 138 valence electrons. The smallest absolute Gasteiger partial charge is 0.353 e. The first kappa shape index (κ1) is 17.8. The van der Waals surface area contributed by atoms with Crippen molar-refractivity contribution in [3.05, 3.63) is 40.2 Å². The van der Waals surface area contributed by atoms with E-state index in [1.807, 2.05) is 4.90 Å². The van der Waals surface area contributed by atoms with Crippen LogP contribution in [0.5, 0.6) is 0 Å². The van der Waals surface area contributed by atoms with Gasteiger partial charge < -0.3 is 16.0 Å². The maximum absolute atomic E-state index is 13.4. The summed E-state index contributed by atoms with van der Waals surface area (Å²) in [5.74, 6) is 0.527. The van der Waals surface area contributed by atoms with Gasteiger partial charge in [-0.2, -0.15) is 9.97 Å². The van der Waals surface area contributed by atoms with Crippen LogP contribution in [0.3, 0.4) is 0 Å². The summed E-state index contributed by atoms with van der Waals surface area (Å²) in [6.07, 6.45) is 1.10. The standard InChI is InChI=1S/C17H21FN6O2/c1-10-6-11(2)9-23(8-10)17-21-15(19)14(24(25)26)16(22-17)20-13-5-3-4-12(18)7-13/h3-5,7,10-11H,6,8-9H2,1-2H3,(H3,19,20,21,22)/t10-,11-/m1/s1. The Labute approximate surface area is 150 Å². The molecule has 0 bridgehead atoms. The summed E-state index contributed by atoms with van der Waals surface area (Å²) in [4.78, 5) is 21.2. The van der Waals surface area contributed by atoms with Crippen LogP contribution in [-0.2, 0) is 0 Å². The zero-order valence-electron chi connectivity index (χ0n) is 14.6. The number of piperidine rings is 1. The number of hydrogen-bond acceptors (Lipinski definition) is 7. The lowest BCUT2D eigenvalue weighted by Gasteiger charge is -2.35. The lowest BCUT2D eigenvalue weighted by molar-refractivity contribution is -0.383. The van der Waals surface area contributed by atoms with Crippen molar-refractivity contribution in [2.45, 2.75) is 20.3 Å². The first-order valence-electron chi connectivity index (χ1n) is 8.43. The molecule has 8 nitrogen and oxygen atoms in total. The molecule has 0 unspecified atom stereocenters. The Morgan fingerprint density at radius 2 is 2.00 bits per heavy atom. The Morgan fingerprint density at radius 3 is 2.62 bits per heavy atom. The molecule has 1 fully saturated rings. The highest BCUT2D eigenvalue weighted by molar-refractivity contribution is 5.74. The minimum Gasteiger partial charge on any atom is -0.378 e. The summed E-state index contributed by atoms with van der Waals surface area (Å²) in [5, 5.41) is 14.2. The van der Waals surface area contributed by atoms with Crippen molar-refractivity contribution in [1.82, 2.24) is 9.97 Å². The van der Waals surface area contributed by atoms with E-state index in [2.05, 4.69) is 29.1 Å². The van der Waals surface area contributed by atoms with Crippen LogP contribution in [0, 0.1) is 27.8 Å². The number of nitrogens with one attached hydrogen (secondary N) is 1. The number of nitrogen functional groups attached to an aromatic ring is 1. The van der Waals surface area contributed by atoms with Crippen LogP contribution in [0.2, 0.25) is 0 Å². The van der Waals surface area contributed by atoms with Crippen molar-refractivity contribution in [2.24, 2.45) is 11.8 Å².